The molecule has 0 unspecified atom stereocenters. The molecule has 2 heterocycles. The molecule has 1 aromatic rings. The Morgan fingerprint density at radius 1 is 1.06 bits per heavy atom. The third-order valence-corrected chi connectivity index (χ3v) is 11.6. The summed E-state index contributed by atoms with van der Waals surface area (Å²) >= 11 is 1.82. The maximum absolute atomic E-state index is 12.4. The fourth-order valence-corrected chi connectivity index (χ4v) is 9.65. The van der Waals surface area contributed by atoms with E-state index in [1.807, 2.05) is 29.4 Å². The highest BCUT2D eigenvalue weighted by Crippen LogP contribution is 2.67. The van der Waals surface area contributed by atoms with Crippen LogP contribution in [0.4, 0.5) is 5.13 Å². The molecule has 0 radical (unpaired) electrons. The van der Waals surface area contributed by atoms with Crippen LogP contribution in [-0.4, -0.2) is 35.4 Å². The van der Waals surface area contributed by atoms with Crippen LogP contribution >= 0.6 is 11.3 Å². The van der Waals surface area contributed by atoms with Gasteiger partial charge < -0.3 is 10.2 Å². The monoisotopic (exact) mass is 497 g/mol. The largest absolute Gasteiger partial charge is 0.362 e. The van der Waals surface area contributed by atoms with Gasteiger partial charge in [-0.3, -0.25) is 4.79 Å². The van der Waals surface area contributed by atoms with Crippen LogP contribution in [-0.2, 0) is 4.79 Å². The van der Waals surface area contributed by atoms with Gasteiger partial charge in [0, 0.05) is 36.3 Å². The van der Waals surface area contributed by atoms with Gasteiger partial charge in [0.2, 0.25) is 5.91 Å². The second-order valence-electron chi connectivity index (χ2n) is 12.6. The van der Waals surface area contributed by atoms with Crippen molar-refractivity contribution >= 4 is 22.4 Å². The lowest BCUT2D eigenvalue weighted by Crippen LogP contribution is -2.59. The maximum Gasteiger partial charge on any atom is 0.246 e. The van der Waals surface area contributed by atoms with Crippen molar-refractivity contribution in [2.75, 3.05) is 18.9 Å². The van der Waals surface area contributed by atoms with Gasteiger partial charge >= 0.3 is 0 Å². The van der Waals surface area contributed by atoms with E-state index in [4.69, 9.17) is 4.98 Å². The molecule has 3 saturated carbocycles. The van der Waals surface area contributed by atoms with Gasteiger partial charge in [-0.2, -0.15) is 0 Å². The zero-order valence-corrected chi connectivity index (χ0v) is 23.3. The molecule has 0 saturated heterocycles. The standard InChI is InChI=1S/C30H47N3OS/c1-5-6-7-8-9-10-19-31-28-32-25(20-35-28)24-13-12-22-21-11-14-26-30(3,18-16-27(34)33(26)4)23(21)15-17-29(22,24)2/h16,18,20-24,26H,5-15,17,19H2,1-4H3,(H,31,32)/t21-,22-,23-,24+,26+,29-,30+/m0/s1. The molecule has 0 aromatic carbocycles. The number of fused-ring (bicyclic) bond motifs is 5. The van der Waals surface area contributed by atoms with Crippen LogP contribution in [0.2, 0.25) is 0 Å². The molecule has 1 aromatic heterocycles. The fourth-order valence-electron chi connectivity index (χ4n) is 8.85. The summed E-state index contributed by atoms with van der Waals surface area (Å²) in [5, 5.41) is 7.11. The minimum atomic E-state index is 0.138. The number of hydrogen-bond acceptors (Lipinski definition) is 4. The smallest absolute Gasteiger partial charge is 0.246 e. The van der Waals surface area contributed by atoms with Crippen LogP contribution in [0.5, 0.6) is 0 Å². The van der Waals surface area contributed by atoms with Gasteiger partial charge in [0.15, 0.2) is 5.13 Å². The van der Waals surface area contributed by atoms with E-state index in [-0.39, 0.29) is 11.3 Å². The molecule has 1 amide bonds. The first kappa shape index (κ1) is 25.3. The van der Waals surface area contributed by atoms with Crippen molar-refractivity contribution in [3.8, 4) is 0 Å². The summed E-state index contributed by atoms with van der Waals surface area (Å²) in [7, 11) is 2.02. The average Bonchev–Trinajstić information content (AvgIpc) is 3.45. The first-order valence-corrected chi connectivity index (χ1v) is 15.4. The van der Waals surface area contributed by atoms with Gasteiger partial charge in [0.25, 0.3) is 0 Å². The van der Waals surface area contributed by atoms with Crippen LogP contribution in [0.25, 0.3) is 0 Å². The number of thiazole rings is 1. The van der Waals surface area contributed by atoms with Gasteiger partial charge in [-0.05, 0) is 74.2 Å². The summed E-state index contributed by atoms with van der Waals surface area (Å²) in [6, 6.07) is 0.377. The number of carbonyl (C=O) groups is 1. The number of likely N-dealkylation sites (N-methyl/N-ethyl adjacent to an activating group) is 1. The van der Waals surface area contributed by atoms with E-state index in [2.05, 4.69) is 37.5 Å². The number of amides is 1. The molecule has 1 N–H and O–H groups in total. The SMILES string of the molecule is CCCCCCCCNc1nc([C@H]2CC[C@H]3[C@@H]4CC[C@H]5N(C)C(=O)C=C[C@]5(C)[C@H]4CC[C@]23C)cs1. The number of hydrogen-bond donors (Lipinski definition) is 1. The lowest BCUT2D eigenvalue weighted by atomic mass is 9.47. The predicted molar refractivity (Wildman–Crippen MR) is 147 cm³/mol. The second kappa shape index (κ2) is 10.2. The summed E-state index contributed by atoms with van der Waals surface area (Å²) in [6.45, 7) is 8.37. The highest BCUT2D eigenvalue weighted by Gasteiger charge is 2.60. The van der Waals surface area contributed by atoms with E-state index >= 15 is 0 Å². The molecular formula is C30H47N3OS. The molecule has 0 spiro atoms. The zero-order chi connectivity index (χ0) is 24.6. The fraction of sp³-hybridized carbons (Fsp3) is 0.800. The molecule has 194 valence electrons. The van der Waals surface area contributed by atoms with Crippen molar-refractivity contribution in [3.63, 3.8) is 0 Å². The molecule has 5 heteroatoms. The van der Waals surface area contributed by atoms with Crippen molar-refractivity contribution in [2.24, 2.45) is 28.6 Å². The summed E-state index contributed by atoms with van der Waals surface area (Å²) in [5.41, 5.74) is 1.86. The number of anilines is 1. The Morgan fingerprint density at radius 2 is 1.86 bits per heavy atom. The molecule has 0 bridgehead atoms. The number of rotatable bonds is 9. The van der Waals surface area contributed by atoms with Gasteiger partial charge in [-0.15, -0.1) is 11.3 Å². The quantitative estimate of drug-likeness (QED) is 0.357. The summed E-state index contributed by atoms with van der Waals surface area (Å²) < 4.78 is 0. The van der Waals surface area contributed by atoms with Crippen LogP contribution < -0.4 is 5.32 Å². The minimum absolute atomic E-state index is 0.138. The Hall–Kier alpha value is -1.36. The van der Waals surface area contributed by atoms with Gasteiger partial charge in [0.1, 0.15) is 0 Å². The molecule has 7 atom stereocenters. The topological polar surface area (TPSA) is 45.2 Å². The number of carbonyl (C=O) groups excluding carboxylic acids is 1. The average molecular weight is 498 g/mol. The first-order chi connectivity index (χ1) is 16.9. The molecule has 5 rings (SSSR count). The number of unbranched alkanes of at least 4 members (excludes halogenated alkanes) is 5. The Balaban J connectivity index is 1.23. The Morgan fingerprint density at radius 3 is 2.69 bits per heavy atom. The van der Waals surface area contributed by atoms with Crippen LogP contribution in [0.3, 0.4) is 0 Å². The minimum Gasteiger partial charge on any atom is -0.362 e. The van der Waals surface area contributed by atoms with E-state index in [1.165, 1.54) is 76.3 Å². The second-order valence-corrected chi connectivity index (χ2v) is 13.4. The summed E-state index contributed by atoms with van der Waals surface area (Å²) in [5.74, 6) is 3.08. The Bertz CT molecular complexity index is 926. The third-order valence-electron chi connectivity index (χ3n) is 10.8. The van der Waals surface area contributed by atoms with Crippen molar-refractivity contribution in [1.82, 2.24) is 9.88 Å². The van der Waals surface area contributed by atoms with Crippen LogP contribution in [0.1, 0.15) is 109 Å². The molecule has 1 aliphatic heterocycles. The number of nitrogens with one attached hydrogen (secondary N) is 1. The van der Waals surface area contributed by atoms with Crippen molar-refractivity contribution in [2.45, 2.75) is 110 Å². The molecule has 3 aliphatic carbocycles. The van der Waals surface area contributed by atoms with E-state index in [0.717, 1.165) is 29.9 Å². The van der Waals surface area contributed by atoms with Crippen LogP contribution in [0, 0.1) is 28.6 Å². The summed E-state index contributed by atoms with van der Waals surface area (Å²) in [4.78, 5) is 19.5. The van der Waals surface area contributed by atoms with E-state index < -0.39 is 0 Å². The molecule has 4 nitrogen and oxygen atoms in total. The van der Waals surface area contributed by atoms with E-state index in [1.54, 1.807) is 0 Å². The molecule has 35 heavy (non-hydrogen) atoms. The van der Waals surface area contributed by atoms with Gasteiger partial charge in [-0.25, -0.2) is 4.98 Å². The van der Waals surface area contributed by atoms with Gasteiger partial charge in [0.05, 0.1) is 5.69 Å². The summed E-state index contributed by atoms with van der Waals surface area (Å²) in [6.07, 6.45) is 19.8. The first-order valence-electron chi connectivity index (χ1n) is 14.5. The van der Waals surface area contributed by atoms with Crippen molar-refractivity contribution in [3.05, 3.63) is 23.2 Å². The zero-order valence-electron chi connectivity index (χ0n) is 22.5. The third kappa shape index (κ3) is 4.49. The normalized spacial score (nSPS) is 38.2. The molecule has 3 fully saturated rings. The van der Waals surface area contributed by atoms with Crippen molar-refractivity contribution < 1.29 is 4.79 Å². The lowest BCUT2D eigenvalue weighted by molar-refractivity contribution is -0.138. The van der Waals surface area contributed by atoms with Crippen molar-refractivity contribution in [1.29, 1.82) is 0 Å². The van der Waals surface area contributed by atoms with Crippen LogP contribution in [0.15, 0.2) is 17.5 Å². The Labute approximate surface area is 217 Å². The highest BCUT2D eigenvalue weighted by atomic mass is 32.1. The number of aromatic nitrogens is 1. The van der Waals surface area contributed by atoms with E-state index in [9.17, 15) is 4.79 Å². The highest BCUT2D eigenvalue weighted by molar-refractivity contribution is 7.13. The van der Waals surface area contributed by atoms with Gasteiger partial charge in [-0.1, -0.05) is 59.0 Å². The van der Waals surface area contributed by atoms with E-state index in [0.29, 0.717) is 23.3 Å². The predicted octanol–water partition coefficient (Wildman–Crippen LogP) is 7.64. The Kier molecular flexibility index (Phi) is 7.36. The number of nitrogens with zero attached hydrogens (tertiary/aromatic N) is 2. The molecular weight excluding hydrogens is 450 g/mol. The maximum atomic E-state index is 12.4. The lowest BCUT2D eigenvalue weighted by Gasteiger charge is -2.60. The molecule has 4 aliphatic rings.